The maximum atomic E-state index is 11.3. The molecule has 0 saturated carbocycles. The van der Waals surface area contributed by atoms with Crippen LogP contribution in [0.15, 0.2) is 71.6 Å². The van der Waals surface area contributed by atoms with Crippen LogP contribution in [0.1, 0.15) is 49.7 Å². The van der Waals surface area contributed by atoms with E-state index in [4.69, 9.17) is 5.73 Å². The summed E-state index contributed by atoms with van der Waals surface area (Å²) in [5, 5.41) is 2.57. The number of nitrogens with two attached hydrogens (primary N) is 1. The molecule has 3 aromatic carbocycles. The van der Waals surface area contributed by atoms with E-state index in [1.54, 1.807) is 0 Å². The number of hydrogen-bond acceptors (Lipinski definition) is 2. The van der Waals surface area contributed by atoms with Gasteiger partial charge in [0.05, 0.1) is 0 Å². The van der Waals surface area contributed by atoms with Crippen molar-refractivity contribution in [2.24, 2.45) is 5.73 Å². The van der Waals surface area contributed by atoms with Gasteiger partial charge in [-0.15, -0.1) is 11.8 Å². The molecule has 0 fully saturated rings. The Kier molecular flexibility index (Phi) is 6.94. The van der Waals surface area contributed by atoms with Gasteiger partial charge in [-0.05, 0) is 52.8 Å². The third-order valence-electron chi connectivity index (χ3n) is 4.95. The Bertz CT molecular complexity index is 891. The van der Waals surface area contributed by atoms with Crippen molar-refractivity contribution in [1.82, 2.24) is 0 Å². The Labute approximate surface area is 166 Å². The highest BCUT2D eigenvalue weighted by Crippen LogP contribution is 2.34. The number of hydrogen-bond donors (Lipinski definition) is 1. The molecule has 2 N–H and O–H groups in total. The first kappa shape index (κ1) is 19.5. The van der Waals surface area contributed by atoms with Crippen LogP contribution in [0.4, 0.5) is 0 Å². The SMILES string of the molecule is CCCC(CCC(N)=O)c1cccc2ccc(SCc3ccccc3)cc12. The minimum atomic E-state index is -0.213. The van der Waals surface area contributed by atoms with Crippen molar-refractivity contribution in [2.75, 3.05) is 0 Å². The van der Waals surface area contributed by atoms with E-state index < -0.39 is 0 Å². The second kappa shape index (κ2) is 9.61. The maximum absolute atomic E-state index is 11.3. The van der Waals surface area contributed by atoms with E-state index in [0.29, 0.717) is 12.3 Å². The van der Waals surface area contributed by atoms with Crippen molar-refractivity contribution < 1.29 is 4.79 Å². The van der Waals surface area contributed by atoms with Gasteiger partial charge >= 0.3 is 0 Å². The average molecular weight is 378 g/mol. The fourth-order valence-corrected chi connectivity index (χ4v) is 4.47. The molecule has 0 aliphatic rings. The van der Waals surface area contributed by atoms with Crippen LogP contribution in [0.2, 0.25) is 0 Å². The van der Waals surface area contributed by atoms with E-state index in [-0.39, 0.29) is 5.91 Å². The van der Waals surface area contributed by atoms with Gasteiger partial charge < -0.3 is 5.73 Å². The number of rotatable bonds is 9. The minimum Gasteiger partial charge on any atom is -0.370 e. The number of amides is 1. The lowest BCUT2D eigenvalue weighted by Crippen LogP contribution is -2.12. The van der Waals surface area contributed by atoms with Crippen LogP contribution in [0, 0.1) is 0 Å². The molecule has 0 heterocycles. The summed E-state index contributed by atoms with van der Waals surface area (Å²) in [6.07, 6.45) is 3.45. The highest BCUT2D eigenvalue weighted by Gasteiger charge is 2.15. The van der Waals surface area contributed by atoms with Gasteiger partial charge in [0.15, 0.2) is 0 Å². The van der Waals surface area contributed by atoms with Crippen LogP contribution in [0.5, 0.6) is 0 Å². The van der Waals surface area contributed by atoms with Gasteiger partial charge in [-0.1, -0.05) is 67.9 Å². The predicted octanol–water partition coefficient (Wildman–Crippen LogP) is 6.28. The Morgan fingerprint density at radius 3 is 2.56 bits per heavy atom. The molecule has 0 aromatic heterocycles. The summed E-state index contributed by atoms with van der Waals surface area (Å²) >= 11 is 1.87. The largest absolute Gasteiger partial charge is 0.370 e. The van der Waals surface area contributed by atoms with Gasteiger partial charge in [0.2, 0.25) is 5.91 Å². The number of carbonyl (C=O) groups is 1. The molecule has 0 aliphatic carbocycles. The zero-order valence-electron chi connectivity index (χ0n) is 15.9. The van der Waals surface area contributed by atoms with Crippen molar-refractivity contribution in [3.05, 3.63) is 77.9 Å². The molecule has 0 bridgehead atoms. The summed E-state index contributed by atoms with van der Waals surface area (Å²) < 4.78 is 0. The molecule has 1 amide bonds. The summed E-state index contributed by atoms with van der Waals surface area (Å²) in [6.45, 7) is 2.20. The number of fused-ring (bicyclic) bond motifs is 1. The van der Waals surface area contributed by atoms with E-state index in [2.05, 4.69) is 73.7 Å². The smallest absolute Gasteiger partial charge is 0.217 e. The normalized spacial score (nSPS) is 12.2. The molecule has 3 heteroatoms. The van der Waals surface area contributed by atoms with Gasteiger partial charge in [-0.3, -0.25) is 4.79 Å². The van der Waals surface area contributed by atoms with Crippen molar-refractivity contribution in [3.8, 4) is 0 Å². The van der Waals surface area contributed by atoms with E-state index in [1.807, 2.05) is 11.8 Å². The maximum Gasteiger partial charge on any atom is 0.217 e. The van der Waals surface area contributed by atoms with Gasteiger partial charge in [0.25, 0.3) is 0 Å². The first-order valence-electron chi connectivity index (χ1n) is 9.65. The second-order valence-electron chi connectivity index (χ2n) is 7.00. The molecule has 1 unspecified atom stereocenters. The number of benzene rings is 3. The van der Waals surface area contributed by atoms with E-state index in [9.17, 15) is 4.79 Å². The number of carbonyl (C=O) groups excluding carboxylic acids is 1. The second-order valence-corrected chi connectivity index (χ2v) is 8.04. The summed E-state index contributed by atoms with van der Waals surface area (Å²) in [7, 11) is 0. The summed E-state index contributed by atoms with van der Waals surface area (Å²) in [4.78, 5) is 12.6. The lowest BCUT2D eigenvalue weighted by atomic mass is 9.87. The molecule has 0 aliphatic heterocycles. The quantitative estimate of drug-likeness (QED) is 0.446. The molecule has 0 radical (unpaired) electrons. The molecule has 0 spiro atoms. The molecule has 27 heavy (non-hydrogen) atoms. The van der Waals surface area contributed by atoms with Crippen LogP contribution in [-0.2, 0) is 10.5 Å². The molecular formula is C24H27NOS. The van der Waals surface area contributed by atoms with E-state index >= 15 is 0 Å². The van der Waals surface area contributed by atoms with Crippen LogP contribution in [0.3, 0.4) is 0 Å². The molecular weight excluding hydrogens is 350 g/mol. The van der Waals surface area contributed by atoms with Crippen LogP contribution < -0.4 is 5.73 Å². The van der Waals surface area contributed by atoms with Gasteiger partial charge in [-0.25, -0.2) is 0 Å². The van der Waals surface area contributed by atoms with Crippen molar-refractivity contribution >= 4 is 28.4 Å². The molecule has 2 nitrogen and oxygen atoms in total. The third kappa shape index (κ3) is 5.36. The molecule has 3 rings (SSSR count). The van der Waals surface area contributed by atoms with Gasteiger partial charge in [-0.2, -0.15) is 0 Å². The van der Waals surface area contributed by atoms with Gasteiger partial charge in [0, 0.05) is 17.1 Å². The molecule has 0 saturated heterocycles. The van der Waals surface area contributed by atoms with Crippen LogP contribution in [-0.4, -0.2) is 5.91 Å². The number of thioether (sulfide) groups is 1. The fraction of sp³-hybridized carbons (Fsp3) is 0.292. The van der Waals surface area contributed by atoms with Crippen molar-refractivity contribution in [1.29, 1.82) is 0 Å². The van der Waals surface area contributed by atoms with Gasteiger partial charge in [0.1, 0.15) is 0 Å². The van der Waals surface area contributed by atoms with Crippen LogP contribution in [0.25, 0.3) is 10.8 Å². The number of primary amides is 1. The van der Waals surface area contributed by atoms with Crippen LogP contribution >= 0.6 is 11.8 Å². The molecule has 140 valence electrons. The fourth-order valence-electron chi connectivity index (χ4n) is 3.58. The minimum absolute atomic E-state index is 0.213. The predicted molar refractivity (Wildman–Crippen MR) is 116 cm³/mol. The lowest BCUT2D eigenvalue weighted by molar-refractivity contribution is -0.118. The van der Waals surface area contributed by atoms with Crippen molar-refractivity contribution in [2.45, 2.75) is 49.2 Å². The Morgan fingerprint density at radius 2 is 1.81 bits per heavy atom. The summed E-state index contributed by atoms with van der Waals surface area (Å²) in [5.74, 6) is 1.13. The summed E-state index contributed by atoms with van der Waals surface area (Å²) in [5.41, 5.74) is 8.08. The standard InChI is InChI=1S/C24H27NOS/c1-2-7-19(13-15-24(25)26)22-11-6-10-20-12-14-21(16-23(20)22)27-17-18-8-4-3-5-9-18/h3-6,8-12,14,16,19H,2,7,13,15,17H2,1H3,(H2,25,26). The Balaban J connectivity index is 1.87. The topological polar surface area (TPSA) is 43.1 Å². The van der Waals surface area contributed by atoms with Crippen molar-refractivity contribution in [3.63, 3.8) is 0 Å². The third-order valence-corrected chi connectivity index (χ3v) is 6.02. The zero-order valence-corrected chi connectivity index (χ0v) is 16.7. The monoisotopic (exact) mass is 377 g/mol. The Hall–Kier alpha value is -2.26. The average Bonchev–Trinajstić information content (AvgIpc) is 2.70. The first-order chi connectivity index (χ1) is 13.2. The zero-order chi connectivity index (χ0) is 19.1. The lowest BCUT2D eigenvalue weighted by Gasteiger charge is -2.19. The Morgan fingerprint density at radius 1 is 1.00 bits per heavy atom. The van der Waals surface area contributed by atoms with E-state index in [0.717, 1.165) is 25.0 Å². The molecule has 1 atom stereocenters. The first-order valence-corrected chi connectivity index (χ1v) is 10.6. The highest BCUT2D eigenvalue weighted by atomic mass is 32.2. The summed E-state index contributed by atoms with van der Waals surface area (Å²) in [6, 6.07) is 23.8. The van der Waals surface area contributed by atoms with E-state index in [1.165, 1.54) is 26.8 Å². The highest BCUT2D eigenvalue weighted by molar-refractivity contribution is 7.98. The molecule has 3 aromatic rings.